The maximum atomic E-state index is 13.3. The molecule has 35 heavy (non-hydrogen) atoms. The number of likely N-dealkylation sites (tertiary alicyclic amines) is 1. The van der Waals surface area contributed by atoms with Crippen LogP contribution in [-0.2, 0) is 16.1 Å². The normalized spacial score (nSPS) is 18.3. The van der Waals surface area contributed by atoms with Crippen molar-refractivity contribution in [2.45, 2.75) is 19.5 Å². The second-order valence-electron chi connectivity index (χ2n) is 8.35. The molecular formula is C27H22BrNO6. The van der Waals surface area contributed by atoms with Crippen molar-refractivity contribution in [1.82, 2.24) is 4.90 Å². The fourth-order valence-electron chi connectivity index (χ4n) is 4.36. The zero-order valence-corrected chi connectivity index (χ0v) is 20.7. The van der Waals surface area contributed by atoms with Gasteiger partial charge in [-0.1, -0.05) is 40.2 Å². The highest BCUT2D eigenvalue weighted by Crippen LogP contribution is 2.42. The van der Waals surface area contributed by atoms with Crippen molar-refractivity contribution >= 4 is 33.4 Å². The summed E-state index contributed by atoms with van der Waals surface area (Å²) in [4.78, 5) is 28.0. The monoisotopic (exact) mass is 535 g/mol. The van der Waals surface area contributed by atoms with Crippen molar-refractivity contribution in [3.63, 3.8) is 0 Å². The molecule has 0 saturated carbocycles. The van der Waals surface area contributed by atoms with Gasteiger partial charge in [-0.25, -0.2) is 0 Å². The summed E-state index contributed by atoms with van der Waals surface area (Å²) >= 11 is 3.46. The highest BCUT2D eigenvalue weighted by atomic mass is 79.9. The van der Waals surface area contributed by atoms with Crippen molar-refractivity contribution in [3.05, 3.63) is 93.0 Å². The molecule has 0 bridgehead atoms. The number of aryl methyl sites for hydroxylation is 1. The fourth-order valence-corrected chi connectivity index (χ4v) is 4.61. The molecule has 3 aromatic rings. The van der Waals surface area contributed by atoms with Crippen LogP contribution in [0.3, 0.4) is 0 Å². The molecule has 0 radical (unpaired) electrons. The van der Waals surface area contributed by atoms with E-state index in [1.165, 1.54) is 4.90 Å². The number of halogens is 1. The summed E-state index contributed by atoms with van der Waals surface area (Å²) in [5.74, 6) is 0.236. The van der Waals surface area contributed by atoms with Crippen LogP contribution in [0, 0.1) is 6.92 Å². The third kappa shape index (κ3) is 4.14. The molecule has 5 rings (SSSR count). The molecule has 0 spiro atoms. The third-order valence-corrected chi connectivity index (χ3v) is 7.08. The number of carbonyl (C=O) groups excluding carboxylic acids is 2. The Bertz CT molecular complexity index is 1360. The lowest BCUT2D eigenvalue weighted by molar-refractivity contribution is -0.140. The molecule has 2 aliphatic rings. The van der Waals surface area contributed by atoms with Crippen molar-refractivity contribution in [1.29, 1.82) is 0 Å². The average molecular weight is 536 g/mol. The lowest BCUT2D eigenvalue weighted by Gasteiger charge is -2.25. The van der Waals surface area contributed by atoms with E-state index in [0.29, 0.717) is 28.4 Å². The lowest BCUT2D eigenvalue weighted by atomic mass is 9.94. The van der Waals surface area contributed by atoms with Crippen molar-refractivity contribution in [3.8, 4) is 17.2 Å². The number of aliphatic hydroxyl groups is 1. The van der Waals surface area contributed by atoms with E-state index < -0.39 is 17.7 Å². The van der Waals surface area contributed by atoms with Crippen LogP contribution in [0.5, 0.6) is 17.2 Å². The number of nitrogens with zero attached hydrogens (tertiary/aromatic N) is 1. The van der Waals surface area contributed by atoms with Gasteiger partial charge in [-0.3, -0.25) is 9.59 Å². The number of Topliss-reactive ketones (excluding diaryl/α,β-unsaturated/α-hetero) is 1. The summed E-state index contributed by atoms with van der Waals surface area (Å²) < 4.78 is 17.0. The molecule has 2 heterocycles. The lowest BCUT2D eigenvalue weighted by Crippen LogP contribution is -2.29. The van der Waals surface area contributed by atoms with Gasteiger partial charge >= 0.3 is 0 Å². The summed E-state index contributed by atoms with van der Waals surface area (Å²) in [6.45, 7) is 2.18. The summed E-state index contributed by atoms with van der Waals surface area (Å²) in [5.41, 5.74) is 2.85. The van der Waals surface area contributed by atoms with Gasteiger partial charge in [-0.15, -0.1) is 0 Å². The van der Waals surface area contributed by atoms with Crippen molar-refractivity contribution < 1.29 is 28.9 Å². The van der Waals surface area contributed by atoms with E-state index >= 15 is 0 Å². The van der Waals surface area contributed by atoms with Gasteiger partial charge in [-0.2, -0.15) is 0 Å². The van der Waals surface area contributed by atoms with Crippen molar-refractivity contribution in [2.24, 2.45) is 0 Å². The average Bonchev–Trinajstić information content (AvgIpc) is 3.43. The molecule has 2 aliphatic heterocycles. The number of methoxy groups -OCH3 is 1. The minimum absolute atomic E-state index is 0.0441. The molecule has 8 heteroatoms. The van der Waals surface area contributed by atoms with Crippen LogP contribution in [-0.4, -0.2) is 35.6 Å². The minimum atomic E-state index is -0.782. The van der Waals surface area contributed by atoms with Gasteiger partial charge in [0.05, 0.1) is 18.7 Å². The first-order chi connectivity index (χ1) is 16.9. The van der Waals surface area contributed by atoms with E-state index in [9.17, 15) is 14.7 Å². The Balaban J connectivity index is 1.61. The Morgan fingerprint density at radius 3 is 2.51 bits per heavy atom. The molecule has 178 valence electrons. The second-order valence-corrected chi connectivity index (χ2v) is 9.21. The van der Waals surface area contributed by atoms with E-state index in [2.05, 4.69) is 15.9 Å². The summed E-state index contributed by atoms with van der Waals surface area (Å²) in [5, 5.41) is 11.3. The standard InChI is InChI=1S/C27H22BrNO6/c1-15-11-18(6-9-20(15)28)25(30)23-24(17-4-7-19(33-2)8-5-17)29(27(32)26(23)31)13-16-3-10-21-22(12-16)35-14-34-21/h3-12,24,30H,13-14H2,1-2H3/b25-23+. The number of ether oxygens (including phenoxy) is 3. The van der Waals surface area contributed by atoms with Gasteiger partial charge in [0, 0.05) is 16.6 Å². The quantitative estimate of drug-likeness (QED) is 0.277. The van der Waals surface area contributed by atoms with E-state index in [1.807, 2.05) is 13.0 Å². The van der Waals surface area contributed by atoms with Crippen LogP contribution in [0.25, 0.3) is 5.76 Å². The van der Waals surface area contributed by atoms with Crippen LogP contribution >= 0.6 is 15.9 Å². The Kier molecular flexibility index (Phi) is 5.98. The predicted molar refractivity (Wildman–Crippen MR) is 132 cm³/mol. The molecular weight excluding hydrogens is 514 g/mol. The number of fused-ring (bicyclic) bond motifs is 1. The Morgan fingerprint density at radius 1 is 1.06 bits per heavy atom. The highest BCUT2D eigenvalue weighted by Gasteiger charge is 2.46. The molecule has 1 unspecified atom stereocenters. The predicted octanol–water partition coefficient (Wildman–Crippen LogP) is 5.12. The number of aliphatic hydroxyl groups excluding tert-OH is 1. The molecule has 0 aliphatic carbocycles. The Hall–Kier alpha value is -3.78. The maximum absolute atomic E-state index is 13.3. The summed E-state index contributed by atoms with van der Waals surface area (Å²) in [6, 6.07) is 17.0. The molecule has 1 saturated heterocycles. The number of hydrogen-bond donors (Lipinski definition) is 1. The topological polar surface area (TPSA) is 85.3 Å². The summed E-state index contributed by atoms with van der Waals surface area (Å²) in [7, 11) is 1.57. The van der Waals surface area contributed by atoms with E-state index in [-0.39, 0.29) is 24.7 Å². The number of hydrogen-bond acceptors (Lipinski definition) is 6. The van der Waals surface area contributed by atoms with E-state index in [0.717, 1.165) is 15.6 Å². The van der Waals surface area contributed by atoms with Crippen LogP contribution in [0.15, 0.2) is 70.7 Å². The molecule has 1 amide bonds. The van der Waals surface area contributed by atoms with Crippen LogP contribution in [0.4, 0.5) is 0 Å². The van der Waals surface area contributed by atoms with Gasteiger partial charge in [0.1, 0.15) is 11.5 Å². The minimum Gasteiger partial charge on any atom is -0.507 e. The smallest absolute Gasteiger partial charge is 0.295 e. The van der Waals surface area contributed by atoms with Crippen LogP contribution in [0.2, 0.25) is 0 Å². The van der Waals surface area contributed by atoms with Gasteiger partial charge in [0.25, 0.3) is 11.7 Å². The highest BCUT2D eigenvalue weighted by molar-refractivity contribution is 9.10. The van der Waals surface area contributed by atoms with Crippen LogP contribution < -0.4 is 14.2 Å². The molecule has 7 nitrogen and oxygen atoms in total. The van der Waals surface area contributed by atoms with Gasteiger partial charge in [-0.05, 0) is 60.0 Å². The molecule has 1 fully saturated rings. The fraction of sp³-hybridized carbons (Fsp3) is 0.185. The van der Waals surface area contributed by atoms with Gasteiger partial charge < -0.3 is 24.2 Å². The zero-order chi connectivity index (χ0) is 24.7. The number of carbonyl (C=O) groups is 2. The van der Waals surface area contributed by atoms with Gasteiger partial charge in [0.2, 0.25) is 6.79 Å². The molecule has 3 aromatic carbocycles. The number of ketones is 1. The number of amides is 1. The van der Waals surface area contributed by atoms with E-state index in [1.54, 1.807) is 61.7 Å². The third-order valence-electron chi connectivity index (χ3n) is 6.19. The second kappa shape index (κ2) is 9.11. The molecule has 1 atom stereocenters. The van der Waals surface area contributed by atoms with E-state index in [4.69, 9.17) is 14.2 Å². The SMILES string of the molecule is COc1ccc(C2/C(=C(\O)c3ccc(Br)c(C)c3)C(=O)C(=O)N2Cc2ccc3c(c2)OCO3)cc1. The number of rotatable bonds is 5. The zero-order valence-electron chi connectivity index (χ0n) is 19.1. The Labute approximate surface area is 210 Å². The first-order valence-electron chi connectivity index (χ1n) is 10.9. The summed E-state index contributed by atoms with van der Waals surface area (Å²) in [6.07, 6.45) is 0. The van der Waals surface area contributed by atoms with Crippen LogP contribution in [0.1, 0.15) is 28.3 Å². The first kappa shape index (κ1) is 23.0. The van der Waals surface area contributed by atoms with Gasteiger partial charge in [0.15, 0.2) is 11.5 Å². The van der Waals surface area contributed by atoms with Crippen molar-refractivity contribution in [2.75, 3.05) is 13.9 Å². The number of benzene rings is 3. The first-order valence-corrected chi connectivity index (χ1v) is 11.7. The molecule has 1 N–H and O–H groups in total. The largest absolute Gasteiger partial charge is 0.507 e. The molecule has 0 aromatic heterocycles. The Morgan fingerprint density at radius 2 is 1.80 bits per heavy atom. The maximum Gasteiger partial charge on any atom is 0.295 e.